The lowest BCUT2D eigenvalue weighted by atomic mass is 10.2. The number of amides is 1. The van der Waals surface area contributed by atoms with Crippen LogP contribution < -0.4 is 22.0 Å². The lowest BCUT2D eigenvalue weighted by Crippen LogP contribution is -2.28. The Morgan fingerprint density at radius 2 is 2.04 bits per heavy atom. The molecule has 1 heterocycles. The topological polar surface area (TPSA) is 132 Å². The molecule has 0 atom stereocenters. The molecule has 0 aliphatic rings. The monoisotopic (exact) mass is 320 g/mol. The summed E-state index contributed by atoms with van der Waals surface area (Å²) in [4.78, 5) is 35.6. The SMILES string of the molecule is O=C(CCNc1n[nH]c(=O)[nH]c1=O)N/N=C/c1ccc(F)cc1. The van der Waals surface area contributed by atoms with Gasteiger partial charge in [0.25, 0.3) is 5.56 Å². The maximum atomic E-state index is 12.7. The van der Waals surface area contributed by atoms with Gasteiger partial charge in [-0.3, -0.25) is 14.6 Å². The van der Waals surface area contributed by atoms with E-state index in [0.717, 1.165) is 0 Å². The second-order valence-electron chi connectivity index (χ2n) is 4.38. The number of carbonyl (C=O) groups excluding carboxylic acids is 1. The fourth-order valence-corrected chi connectivity index (χ4v) is 1.55. The lowest BCUT2D eigenvalue weighted by molar-refractivity contribution is -0.120. The second kappa shape index (κ2) is 7.64. The molecular weight excluding hydrogens is 307 g/mol. The molecule has 120 valence electrons. The maximum Gasteiger partial charge on any atom is 0.342 e. The molecule has 10 heteroatoms. The number of carbonyl (C=O) groups is 1. The summed E-state index contributed by atoms with van der Waals surface area (Å²) in [5, 5.41) is 11.9. The van der Waals surface area contributed by atoms with E-state index in [1.807, 2.05) is 4.98 Å². The molecular formula is C13H13FN6O3. The number of halogens is 1. The molecule has 0 radical (unpaired) electrons. The molecule has 0 aliphatic carbocycles. The first-order valence-corrected chi connectivity index (χ1v) is 6.55. The van der Waals surface area contributed by atoms with E-state index in [2.05, 4.69) is 26.0 Å². The van der Waals surface area contributed by atoms with Crippen LogP contribution in [0.1, 0.15) is 12.0 Å². The van der Waals surface area contributed by atoms with Gasteiger partial charge in [-0.05, 0) is 17.7 Å². The average molecular weight is 320 g/mol. The fourth-order valence-electron chi connectivity index (χ4n) is 1.55. The molecule has 0 bridgehead atoms. The summed E-state index contributed by atoms with van der Waals surface area (Å²) in [6, 6.07) is 5.59. The Hall–Kier alpha value is -3.30. The summed E-state index contributed by atoms with van der Waals surface area (Å²) in [7, 11) is 0. The van der Waals surface area contributed by atoms with E-state index in [0.29, 0.717) is 5.56 Å². The Morgan fingerprint density at radius 1 is 1.30 bits per heavy atom. The van der Waals surface area contributed by atoms with E-state index in [4.69, 9.17) is 0 Å². The molecule has 0 fully saturated rings. The Morgan fingerprint density at radius 3 is 2.74 bits per heavy atom. The fraction of sp³-hybridized carbons (Fsp3) is 0.154. The van der Waals surface area contributed by atoms with Crippen LogP contribution in [0.4, 0.5) is 10.2 Å². The molecule has 2 rings (SSSR count). The summed E-state index contributed by atoms with van der Waals surface area (Å²) < 4.78 is 12.7. The van der Waals surface area contributed by atoms with Gasteiger partial charge in [-0.2, -0.15) is 5.10 Å². The molecule has 0 saturated heterocycles. The van der Waals surface area contributed by atoms with Crippen LogP contribution in [-0.2, 0) is 4.79 Å². The summed E-state index contributed by atoms with van der Waals surface area (Å²) in [6.07, 6.45) is 1.40. The smallest absolute Gasteiger partial charge is 0.342 e. The summed E-state index contributed by atoms with van der Waals surface area (Å²) in [5.41, 5.74) is 1.53. The molecule has 4 N–H and O–H groups in total. The molecule has 0 saturated carbocycles. The van der Waals surface area contributed by atoms with Crippen molar-refractivity contribution in [2.24, 2.45) is 5.10 Å². The zero-order valence-corrected chi connectivity index (χ0v) is 11.8. The number of aromatic amines is 2. The van der Waals surface area contributed by atoms with Crippen LogP contribution in [0.3, 0.4) is 0 Å². The van der Waals surface area contributed by atoms with Crippen molar-refractivity contribution in [3.05, 3.63) is 56.5 Å². The van der Waals surface area contributed by atoms with Gasteiger partial charge in [-0.25, -0.2) is 19.7 Å². The number of rotatable bonds is 6. The zero-order valence-electron chi connectivity index (χ0n) is 11.8. The number of aromatic nitrogens is 3. The van der Waals surface area contributed by atoms with Crippen molar-refractivity contribution in [3.8, 4) is 0 Å². The van der Waals surface area contributed by atoms with Gasteiger partial charge in [0.15, 0.2) is 0 Å². The predicted octanol–water partition coefficient (Wildman–Crippen LogP) is -0.450. The van der Waals surface area contributed by atoms with E-state index in [1.165, 1.54) is 30.5 Å². The Labute approximate surface area is 128 Å². The van der Waals surface area contributed by atoms with Gasteiger partial charge in [-0.15, -0.1) is 5.10 Å². The number of anilines is 1. The number of hydrogen-bond acceptors (Lipinski definition) is 6. The van der Waals surface area contributed by atoms with E-state index in [1.54, 1.807) is 0 Å². The molecule has 1 aromatic carbocycles. The molecule has 0 aliphatic heterocycles. The highest BCUT2D eigenvalue weighted by molar-refractivity contribution is 5.82. The van der Waals surface area contributed by atoms with Gasteiger partial charge >= 0.3 is 5.69 Å². The summed E-state index contributed by atoms with van der Waals surface area (Å²) in [6.45, 7) is 0.125. The Balaban J connectivity index is 1.75. The predicted molar refractivity (Wildman–Crippen MR) is 80.7 cm³/mol. The Bertz CT molecular complexity index is 811. The number of hydrogen-bond donors (Lipinski definition) is 4. The average Bonchev–Trinajstić information content (AvgIpc) is 2.51. The van der Waals surface area contributed by atoms with Crippen LogP contribution >= 0.6 is 0 Å². The third-order valence-electron chi connectivity index (χ3n) is 2.63. The molecule has 9 nitrogen and oxygen atoms in total. The molecule has 1 amide bonds. The summed E-state index contributed by atoms with van der Waals surface area (Å²) >= 11 is 0. The van der Waals surface area contributed by atoms with Gasteiger partial charge in [0.05, 0.1) is 6.21 Å². The van der Waals surface area contributed by atoms with Gasteiger partial charge in [0.1, 0.15) is 5.82 Å². The highest BCUT2D eigenvalue weighted by Gasteiger charge is 2.03. The Kier molecular flexibility index (Phi) is 5.34. The molecule has 1 aromatic heterocycles. The minimum absolute atomic E-state index is 0.0288. The third kappa shape index (κ3) is 5.19. The van der Waals surface area contributed by atoms with Crippen molar-refractivity contribution in [1.29, 1.82) is 0 Å². The van der Waals surface area contributed by atoms with Crippen molar-refractivity contribution >= 4 is 17.9 Å². The quantitative estimate of drug-likeness (QED) is 0.423. The first kappa shape index (κ1) is 16.1. The van der Waals surface area contributed by atoms with Crippen molar-refractivity contribution in [1.82, 2.24) is 20.6 Å². The van der Waals surface area contributed by atoms with Crippen molar-refractivity contribution < 1.29 is 9.18 Å². The largest absolute Gasteiger partial charge is 0.364 e. The first-order valence-electron chi connectivity index (χ1n) is 6.55. The standard InChI is InChI=1S/C13H13FN6O3/c14-9-3-1-8(2-4-9)7-16-18-10(21)5-6-15-11-12(22)17-13(23)20-19-11/h1-4,7H,5-6H2,(H,15,19)(H,18,21)(H2,17,20,22,23)/b16-7+. The van der Waals surface area contributed by atoms with Gasteiger partial charge < -0.3 is 5.32 Å². The minimum Gasteiger partial charge on any atom is -0.364 e. The van der Waals surface area contributed by atoms with Crippen molar-refractivity contribution in [2.45, 2.75) is 6.42 Å². The summed E-state index contributed by atoms with van der Waals surface area (Å²) in [5.74, 6) is -0.841. The zero-order chi connectivity index (χ0) is 16.7. The molecule has 0 spiro atoms. The van der Waals surface area contributed by atoms with Crippen LogP contribution in [-0.4, -0.2) is 33.8 Å². The van der Waals surface area contributed by atoms with E-state index in [9.17, 15) is 18.8 Å². The molecule has 0 unspecified atom stereocenters. The van der Waals surface area contributed by atoms with E-state index >= 15 is 0 Å². The lowest BCUT2D eigenvalue weighted by Gasteiger charge is -2.02. The van der Waals surface area contributed by atoms with Crippen LogP contribution in [0.2, 0.25) is 0 Å². The normalized spacial score (nSPS) is 10.7. The number of H-pyrrole nitrogens is 2. The third-order valence-corrected chi connectivity index (χ3v) is 2.63. The van der Waals surface area contributed by atoms with Gasteiger partial charge in [-0.1, -0.05) is 12.1 Å². The maximum absolute atomic E-state index is 12.7. The highest BCUT2D eigenvalue weighted by atomic mass is 19.1. The van der Waals surface area contributed by atoms with E-state index in [-0.39, 0.29) is 24.6 Å². The van der Waals surface area contributed by atoms with Crippen LogP contribution in [0.25, 0.3) is 0 Å². The number of benzene rings is 1. The van der Waals surface area contributed by atoms with Crippen LogP contribution in [0, 0.1) is 5.82 Å². The number of nitrogens with one attached hydrogen (secondary N) is 4. The van der Waals surface area contributed by atoms with Crippen LogP contribution in [0.15, 0.2) is 39.0 Å². The molecule has 23 heavy (non-hydrogen) atoms. The first-order chi connectivity index (χ1) is 11.0. The number of hydrazone groups is 1. The van der Waals surface area contributed by atoms with Crippen molar-refractivity contribution in [2.75, 3.05) is 11.9 Å². The van der Waals surface area contributed by atoms with Gasteiger partial charge in [0.2, 0.25) is 11.7 Å². The second-order valence-corrected chi connectivity index (χ2v) is 4.38. The minimum atomic E-state index is -0.714. The van der Waals surface area contributed by atoms with Gasteiger partial charge in [0, 0.05) is 13.0 Å². The van der Waals surface area contributed by atoms with Crippen molar-refractivity contribution in [3.63, 3.8) is 0 Å². The van der Waals surface area contributed by atoms with E-state index < -0.39 is 17.2 Å². The van der Waals surface area contributed by atoms with Crippen LogP contribution in [0.5, 0.6) is 0 Å². The number of nitrogens with zero attached hydrogens (tertiary/aromatic N) is 2. The molecule has 2 aromatic rings. The highest BCUT2D eigenvalue weighted by Crippen LogP contribution is 1.99.